The van der Waals surface area contributed by atoms with Crippen LogP contribution in [0.2, 0.25) is 0 Å². The Morgan fingerprint density at radius 2 is 2.15 bits per heavy atom. The molecule has 6 nitrogen and oxygen atoms in total. The molecular weight excluding hydrogens is 364 g/mol. The predicted octanol–water partition coefficient (Wildman–Crippen LogP) is 1.87. The minimum atomic E-state index is -1.03. The number of nitrogens with zero attached hydrogens (tertiary/aromatic N) is 2. The Bertz CT molecular complexity index is 1240. The maximum Gasteiger partial charge on any atom is 0.270 e. The van der Waals surface area contributed by atoms with Crippen molar-refractivity contribution < 1.29 is 13.9 Å². The number of para-hydroxylation sites is 1. The third kappa shape index (κ3) is 2.28. The minimum Gasteiger partial charge on any atom is -0.472 e. The van der Waals surface area contributed by atoms with Crippen molar-refractivity contribution in [3.63, 3.8) is 0 Å². The Morgan fingerprint density at radius 3 is 2.89 bits per heavy atom. The maximum absolute atomic E-state index is 13.2. The number of Topliss-reactive ketones (excluding diaryl/α,β-unsaturated/α-hetero) is 1. The zero-order valence-electron chi connectivity index (χ0n) is 14.7. The van der Waals surface area contributed by atoms with Crippen LogP contribution < -0.4 is 19.6 Å². The number of carbonyl (C=O) groups is 1. The first-order valence-electron chi connectivity index (χ1n) is 8.61. The molecule has 0 aliphatic carbocycles. The molecule has 4 heterocycles. The van der Waals surface area contributed by atoms with Crippen LogP contribution in [0, 0.1) is 5.92 Å². The van der Waals surface area contributed by atoms with Crippen LogP contribution in [0.1, 0.15) is 31.0 Å². The first-order chi connectivity index (χ1) is 13.0. The van der Waals surface area contributed by atoms with Crippen molar-refractivity contribution in [3.05, 3.63) is 73.7 Å². The minimum absolute atomic E-state index is 0.0510. The SMILES string of the molecule is CC(=O)[C@@H]1[C@H]2c3ccccc3O[C@@]1(C)N=c1sc(=Cc3ccoc3)c(=O)n12. The van der Waals surface area contributed by atoms with Crippen LogP contribution in [0.5, 0.6) is 5.75 Å². The molecule has 7 heteroatoms. The van der Waals surface area contributed by atoms with Gasteiger partial charge in [0.25, 0.3) is 5.56 Å². The number of rotatable bonds is 2. The summed E-state index contributed by atoms with van der Waals surface area (Å²) in [7, 11) is 0. The van der Waals surface area contributed by atoms with Crippen molar-refractivity contribution in [2.75, 3.05) is 0 Å². The van der Waals surface area contributed by atoms with E-state index >= 15 is 0 Å². The molecule has 5 rings (SSSR count). The molecule has 3 aromatic rings. The summed E-state index contributed by atoms with van der Waals surface area (Å²) in [5, 5.41) is 0. The Kier molecular flexibility index (Phi) is 3.33. The van der Waals surface area contributed by atoms with E-state index in [1.54, 1.807) is 29.2 Å². The van der Waals surface area contributed by atoms with Crippen molar-refractivity contribution in [1.82, 2.24) is 4.57 Å². The van der Waals surface area contributed by atoms with Crippen molar-refractivity contribution in [2.45, 2.75) is 25.6 Å². The van der Waals surface area contributed by atoms with E-state index in [2.05, 4.69) is 0 Å². The van der Waals surface area contributed by atoms with Gasteiger partial charge in [-0.05, 0) is 32.1 Å². The van der Waals surface area contributed by atoms with Gasteiger partial charge in [0.1, 0.15) is 17.5 Å². The fourth-order valence-electron chi connectivity index (χ4n) is 4.06. The molecule has 0 radical (unpaired) electrons. The largest absolute Gasteiger partial charge is 0.472 e. The third-order valence-corrected chi connectivity index (χ3v) is 6.14. The van der Waals surface area contributed by atoms with E-state index < -0.39 is 17.7 Å². The Labute approximate surface area is 158 Å². The van der Waals surface area contributed by atoms with Gasteiger partial charge in [0.2, 0.25) is 5.72 Å². The predicted molar refractivity (Wildman–Crippen MR) is 99.4 cm³/mol. The second-order valence-corrected chi connectivity index (χ2v) is 7.97. The van der Waals surface area contributed by atoms with E-state index in [0.29, 0.717) is 15.1 Å². The van der Waals surface area contributed by atoms with Gasteiger partial charge in [-0.2, -0.15) is 0 Å². The number of thiazole rings is 1. The highest BCUT2D eigenvalue weighted by Crippen LogP contribution is 2.47. The molecule has 0 spiro atoms. The molecule has 2 bridgehead atoms. The maximum atomic E-state index is 13.2. The number of fused-ring (bicyclic) bond motifs is 6. The van der Waals surface area contributed by atoms with Crippen molar-refractivity contribution >= 4 is 23.2 Å². The van der Waals surface area contributed by atoms with Crippen LogP contribution in [-0.4, -0.2) is 16.1 Å². The quantitative estimate of drug-likeness (QED) is 0.680. The lowest BCUT2D eigenvalue weighted by Gasteiger charge is -2.45. The summed E-state index contributed by atoms with van der Waals surface area (Å²) in [5.74, 6) is 0.0502. The molecule has 0 unspecified atom stereocenters. The summed E-state index contributed by atoms with van der Waals surface area (Å²) >= 11 is 1.30. The summed E-state index contributed by atoms with van der Waals surface area (Å²) < 4.78 is 13.4. The number of furan rings is 1. The van der Waals surface area contributed by atoms with E-state index in [0.717, 1.165) is 11.1 Å². The fourth-order valence-corrected chi connectivity index (χ4v) is 5.16. The number of hydrogen-bond acceptors (Lipinski definition) is 6. The zero-order chi connectivity index (χ0) is 18.8. The number of benzene rings is 1. The summed E-state index contributed by atoms with van der Waals surface area (Å²) in [5.41, 5.74) is 0.450. The monoisotopic (exact) mass is 380 g/mol. The second kappa shape index (κ2) is 5.53. The lowest BCUT2D eigenvalue weighted by atomic mass is 9.79. The average molecular weight is 380 g/mol. The van der Waals surface area contributed by atoms with Crippen LogP contribution in [-0.2, 0) is 4.79 Å². The van der Waals surface area contributed by atoms with Gasteiger partial charge < -0.3 is 9.15 Å². The van der Waals surface area contributed by atoms with Crippen molar-refractivity contribution in [3.8, 4) is 5.75 Å². The van der Waals surface area contributed by atoms with Crippen LogP contribution in [0.3, 0.4) is 0 Å². The first-order valence-corrected chi connectivity index (χ1v) is 9.43. The van der Waals surface area contributed by atoms with Gasteiger partial charge in [0.05, 0.1) is 23.1 Å². The number of ether oxygens (including phenoxy) is 1. The molecule has 0 amide bonds. The Morgan fingerprint density at radius 1 is 1.33 bits per heavy atom. The summed E-state index contributed by atoms with van der Waals surface area (Å²) in [6.07, 6.45) is 4.92. The van der Waals surface area contributed by atoms with Crippen LogP contribution in [0.4, 0.5) is 0 Å². The Hall–Kier alpha value is -2.93. The molecule has 0 N–H and O–H groups in total. The zero-order valence-corrected chi connectivity index (χ0v) is 15.5. The van der Waals surface area contributed by atoms with Gasteiger partial charge in [-0.3, -0.25) is 14.2 Å². The van der Waals surface area contributed by atoms with E-state index in [1.807, 2.05) is 31.2 Å². The van der Waals surface area contributed by atoms with Gasteiger partial charge in [-0.25, -0.2) is 4.99 Å². The number of aromatic nitrogens is 1. The lowest BCUT2D eigenvalue weighted by molar-refractivity contribution is -0.132. The van der Waals surface area contributed by atoms with E-state index in [-0.39, 0.29) is 11.3 Å². The summed E-state index contributed by atoms with van der Waals surface area (Å²) in [4.78, 5) is 31.0. The van der Waals surface area contributed by atoms with Gasteiger partial charge >= 0.3 is 0 Å². The standard InChI is InChI=1S/C20H16N2O4S/c1-11(23)16-17-13-5-3-4-6-14(13)26-20(16,2)21-19-22(17)18(24)15(27-19)9-12-7-8-25-10-12/h3-10,16-17H,1-2H3/t16-,17-,20-/m1/s1. The van der Waals surface area contributed by atoms with E-state index in [4.69, 9.17) is 14.1 Å². The van der Waals surface area contributed by atoms with Gasteiger partial charge in [0, 0.05) is 11.1 Å². The number of hydrogen-bond donors (Lipinski definition) is 0. The summed E-state index contributed by atoms with van der Waals surface area (Å²) in [6, 6.07) is 8.89. The van der Waals surface area contributed by atoms with Crippen LogP contribution >= 0.6 is 11.3 Å². The molecule has 1 aromatic carbocycles. The van der Waals surface area contributed by atoms with E-state index in [1.165, 1.54) is 18.3 Å². The van der Waals surface area contributed by atoms with Crippen LogP contribution in [0.15, 0.2) is 57.1 Å². The summed E-state index contributed by atoms with van der Waals surface area (Å²) in [6.45, 7) is 3.35. The molecule has 2 aliphatic heterocycles. The lowest BCUT2D eigenvalue weighted by Crippen LogP contribution is -2.58. The number of ketones is 1. The number of carbonyl (C=O) groups excluding carboxylic acids is 1. The molecular formula is C20H16N2O4S. The average Bonchev–Trinajstić information content (AvgIpc) is 3.22. The van der Waals surface area contributed by atoms with Crippen molar-refractivity contribution in [2.24, 2.45) is 10.9 Å². The van der Waals surface area contributed by atoms with Gasteiger partial charge in [0.15, 0.2) is 4.80 Å². The second-order valence-electron chi connectivity index (χ2n) is 6.96. The normalized spacial score (nSPS) is 25.9. The molecule has 2 aromatic heterocycles. The third-order valence-electron chi connectivity index (χ3n) is 5.16. The topological polar surface area (TPSA) is 73.8 Å². The first kappa shape index (κ1) is 16.3. The van der Waals surface area contributed by atoms with E-state index in [9.17, 15) is 9.59 Å². The van der Waals surface area contributed by atoms with Gasteiger partial charge in [-0.1, -0.05) is 29.5 Å². The molecule has 136 valence electrons. The smallest absolute Gasteiger partial charge is 0.270 e. The van der Waals surface area contributed by atoms with Gasteiger partial charge in [-0.15, -0.1) is 0 Å². The molecule has 3 atom stereocenters. The molecule has 27 heavy (non-hydrogen) atoms. The Balaban J connectivity index is 1.85. The highest BCUT2D eigenvalue weighted by molar-refractivity contribution is 7.07. The highest BCUT2D eigenvalue weighted by atomic mass is 32.1. The fraction of sp³-hybridized carbons (Fsp3) is 0.250. The van der Waals surface area contributed by atoms with Crippen molar-refractivity contribution in [1.29, 1.82) is 0 Å². The molecule has 2 aliphatic rings. The molecule has 0 saturated carbocycles. The molecule has 0 fully saturated rings. The van der Waals surface area contributed by atoms with Crippen LogP contribution in [0.25, 0.3) is 6.08 Å². The molecule has 0 saturated heterocycles. The highest BCUT2D eigenvalue weighted by Gasteiger charge is 2.53.